The average molecular weight is 469 g/mol. The number of carbonyl (C=O) groups excluding carboxylic acids is 2. The summed E-state index contributed by atoms with van der Waals surface area (Å²) in [7, 11) is 0. The quantitative estimate of drug-likeness (QED) is 0.392. The highest BCUT2D eigenvalue weighted by Crippen LogP contribution is 2.33. The number of hydrogen-bond acceptors (Lipinski definition) is 2. The average Bonchev–Trinajstić information content (AvgIpc) is 2.55. The first-order valence-corrected chi connectivity index (χ1v) is 9.64. The minimum Gasteiger partial charge on any atom is -0.330 e. The molecule has 4 nitrogen and oxygen atoms in total. The number of urea groups is 1. The lowest BCUT2D eigenvalue weighted by molar-refractivity contribution is 0.0971. The summed E-state index contributed by atoms with van der Waals surface area (Å²) in [5, 5.41) is 5.71. The number of aryl methyl sites for hydroxylation is 1. The van der Waals surface area contributed by atoms with Crippen molar-refractivity contribution in [3.63, 3.8) is 0 Å². The third kappa shape index (κ3) is 6.74. The molecular weight excluding hydrogens is 453 g/mol. The molecule has 0 aliphatic rings. The zero-order chi connectivity index (χ0) is 20.2. The third-order valence-electron chi connectivity index (χ3n) is 3.63. The second-order valence-corrected chi connectivity index (χ2v) is 9.02. The zero-order valence-electron chi connectivity index (χ0n) is 14.0. The van der Waals surface area contributed by atoms with Crippen LogP contribution in [0.3, 0.4) is 0 Å². The Balaban J connectivity index is 2.09. The van der Waals surface area contributed by atoms with Gasteiger partial charge in [0.2, 0.25) is 3.79 Å². The van der Waals surface area contributed by atoms with Crippen LogP contribution in [0.2, 0.25) is 10.0 Å². The molecule has 0 saturated heterocycles. The lowest BCUT2D eigenvalue weighted by Crippen LogP contribution is -2.46. The molecule has 0 spiro atoms. The van der Waals surface area contributed by atoms with Crippen LogP contribution in [0.5, 0.6) is 0 Å². The van der Waals surface area contributed by atoms with E-state index in [1.165, 1.54) is 18.2 Å². The highest BCUT2D eigenvalue weighted by atomic mass is 35.6. The third-order valence-corrected chi connectivity index (χ3v) is 4.97. The Morgan fingerprint density at radius 1 is 1.04 bits per heavy atom. The molecule has 0 radical (unpaired) electrons. The van der Waals surface area contributed by atoms with Crippen LogP contribution in [0.25, 0.3) is 0 Å². The first-order valence-electron chi connectivity index (χ1n) is 7.75. The maximum absolute atomic E-state index is 12.5. The molecule has 2 aromatic rings. The minimum absolute atomic E-state index is 0.180. The van der Waals surface area contributed by atoms with Crippen LogP contribution in [0, 0.1) is 6.92 Å². The summed E-state index contributed by atoms with van der Waals surface area (Å²) in [4.78, 5) is 24.8. The van der Waals surface area contributed by atoms with E-state index in [0.717, 1.165) is 5.56 Å². The number of benzene rings is 2. The first kappa shape index (κ1) is 22.1. The Morgan fingerprint density at radius 2 is 1.67 bits per heavy atom. The number of ketones is 1. The van der Waals surface area contributed by atoms with Gasteiger partial charge in [-0.25, -0.2) is 4.79 Å². The van der Waals surface area contributed by atoms with Crippen molar-refractivity contribution >= 4 is 75.5 Å². The number of anilines is 1. The smallest absolute Gasteiger partial charge is 0.319 e. The van der Waals surface area contributed by atoms with E-state index in [0.29, 0.717) is 10.7 Å². The molecule has 2 aromatic carbocycles. The van der Waals surface area contributed by atoms with Crippen molar-refractivity contribution in [1.29, 1.82) is 0 Å². The molecule has 144 valence electrons. The predicted molar refractivity (Wildman–Crippen MR) is 113 cm³/mol. The predicted octanol–water partition coefficient (Wildman–Crippen LogP) is 6.44. The first-order chi connectivity index (χ1) is 12.6. The lowest BCUT2D eigenvalue weighted by atomic mass is 10.0. The summed E-state index contributed by atoms with van der Waals surface area (Å²) in [5.74, 6) is -0.399. The van der Waals surface area contributed by atoms with E-state index in [4.69, 9.17) is 58.0 Å². The fourth-order valence-corrected chi connectivity index (χ4v) is 3.13. The van der Waals surface area contributed by atoms with Crippen molar-refractivity contribution < 1.29 is 9.59 Å². The van der Waals surface area contributed by atoms with E-state index in [1.807, 2.05) is 19.1 Å². The molecule has 2 N–H and O–H groups in total. The van der Waals surface area contributed by atoms with Crippen LogP contribution in [0.4, 0.5) is 10.5 Å². The molecule has 0 fully saturated rings. The van der Waals surface area contributed by atoms with Gasteiger partial charge in [0, 0.05) is 22.7 Å². The monoisotopic (exact) mass is 466 g/mol. The number of Topliss-reactive ketones (excluding diaryl/α,β-unsaturated/α-hetero) is 1. The van der Waals surface area contributed by atoms with E-state index in [2.05, 4.69) is 10.6 Å². The van der Waals surface area contributed by atoms with E-state index >= 15 is 0 Å². The molecule has 0 heterocycles. The van der Waals surface area contributed by atoms with Crippen LogP contribution >= 0.6 is 58.0 Å². The van der Waals surface area contributed by atoms with Crippen LogP contribution in [-0.2, 0) is 0 Å². The van der Waals surface area contributed by atoms with Crippen LogP contribution in [0.15, 0.2) is 42.5 Å². The number of alkyl halides is 3. The molecule has 0 aromatic heterocycles. The molecule has 0 saturated carbocycles. The van der Waals surface area contributed by atoms with Gasteiger partial charge < -0.3 is 10.6 Å². The molecule has 0 aliphatic carbocycles. The molecule has 0 aliphatic heterocycles. The van der Waals surface area contributed by atoms with Crippen molar-refractivity contribution in [1.82, 2.24) is 5.32 Å². The van der Waals surface area contributed by atoms with Crippen LogP contribution in [0.1, 0.15) is 22.3 Å². The van der Waals surface area contributed by atoms with Crippen LogP contribution < -0.4 is 10.6 Å². The number of rotatable bonds is 5. The Morgan fingerprint density at radius 3 is 2.22 bits per heavy atom. The van der Waals surface area contributed by atoms with Crippen LogP contribution in [-0.4, -0.2) is 21.6 Å². The zero-order valence-corrected chi connectivity index (χ0v) is 17.8. The number of hydrogen-bond donors (Lipinski definition) is 2. The van der Waals surface area contributed by atoms with Gasteiger partial charge in [-0.2, -0.15) is 0 Å². The van der Waals surface area contributed by atoms with Gasteiger partial charge in [-0.1, -0.05) is 75.7 Å². The van der Waals surface area contributed by atoms with Gasteiger partial charge in [-0.3, -0.25) is 4.79 Å². The Bertz CT molecular complexity index is 835. The van der Waals surface area contributed by atoms with Gasteiger partial charge in [-0.05, 0) is 37.3 Å². The fourth-order valence-electron chi connectivity index (χ4n) is 2.22. The topological polar surface area (TPSA) is 58.2 Å². The van der Waals surface area contributed by atoms with Crippen molar-refractivity contribution in [2.75, 3.05) is 5.32 Å². The van der Waals surface area contributed by atoms with Crippen molar-refractivity contribution in [2.45, 2.75) is 23.2 Å². The van der Waals surface area contributed by atoms with Gasteiger partial charge in [0.1, 0.15) is 0 Å². The van der Waals surface area contributed by atoms with E-state index in [9.17, 15) is 9.59 Å². The summed E-state index contributed by atoms with van der Waals surface area (Å²) in [6.07, 6.45) is -0.265. The summed E-state index contributed by atoms with van der Waals surface area (Å²) >= 11 is 29.7. The summed E-state index contributed by atoms with van der Waals surface area (Å²) in [6.45, 7) is 1.93. The number of carbonyl (C=O) groups is 2. The normalized spacial score (nSPS) is 12.4. The summed E-state index contributed by atoms with van der Waals surface area (Å²) < 4.78 is -1.90. The highest BCUT2D eigenvalue weighted by Gasteiger charge is 2.36. The molecule has 1 atom stereocenters. The van der Waals surface area contributed by atoms with Gasteiger partial charge in [0.05, 0.1) is 11.1 Å². The van der Waals surface area contributed by atoms with E-state index < -0.39 is 21.6 Å². The summed E-state index contributed by atoms with van der Waals surface area (Å²) in [6, 6.07) is 9.92. The fraction of sp³-hybridized carbons (Fsp3) is 0.222. The van der Waals surface area contributed by atoms with E-state index in [-0.39, 0.29) is 17.0 Å². The number of nitrogens with one attached hydrogen (secondary N) is 2. The largest absolute Gasteiger partial charge is 0.330 e. The second kappa shape index (κ2) is 9.35. The summed E-state index contributed by atoms with van der Waals surface area (Å²) in [5.41, 5.74) is 1.83. The Labute approximate surface area is 182 Å². The van der Waals surface area contributed by atoms with Gasteiger partial charge in [0.25, 0.3) is 0 Å². The van der Waals surface area contributed by atoms with Crippen molar-refractivity contribution in [3.05, 3.63) is 63.6 Å². The number of amides is 2. The van der Waals surface area contributed by atoms with Gasteiger partial charge in [0.15, 0.2) is 5.78 Å². The Kier molecular flexibility index (Phi) is 7.66. The maximum atomic E-state index is 12.5. The molecule has 2 rings (SSSR count). The molecule has 0 bridgehead atoms. The highest BCUT2D eigenvalue weighted by molar-refractivity contribution is 6.68. The lowest BCUT2D eigenvalue weighted by Gasteiger charge is -2.25. The molecule has 2 amide bonds. The van der Waals surface area contributed by atoms with Gasteiger partial charge in [-0.15, -0.1) is 0 Å². The van der Waals surface area contributed by atoms with Crippen molar-refractivity contribution in [3.8, 4) is 0 Å². The SMILES string of the molecule is Cc1ccc(NC(=O)N[C@@H](CC(=O)c2ccc(Cl)cc2Cl)C(Cl)(Cl)Cl)cc1. The molecule has 0 unspecified atom stereocenters. The van der Waals surface area contributed by atoms with Gasteiger partial charge >= 0.3 is 6.03 Å². The van der Waals surface area contributed by atoms with Crippen molar-refractivity contribution in [2.24, 2.45) is 0 Å². The minimum atomic E-state index is -1.90. The Hall–Kier alpha value is -1.17. The van der Waals surface area contributed by atoms with E-state index in [1.54, 1.807) is 12.1 Å². The second-order valence-electron chi connectivity index (χ2n) is 5.81. The standard InChI is InChI=1S/C18H15Cl5N2O2/c1-10-2-5-12(6-3-10)24-17(27)25-16(18(21,22)23)9-15(26)13-7-4-11(19)8-14(13)20/h2-8,16H,9H2,1H3,(H2,24,25,27)/t16-/m0/s1. The number of halogens is 5. The maximum Gasteiger partial charge on any atom is 0.319 e. The molecular formula is C18H15Cl5N2O2. The molecule has 9 heteroatoms. The molecule has 27 heavy (non-hydrogen) atoms.